The van der Waals surface area contributed by atoms with Gasteiger partial charge in [0.2, 0.25) is 0 Å². The highest BCUT2D eigenvalue weighted by Crippen LogP contribution is 2.45. The van der Waals surface area contributed by atoms with Crippen molar-refractivity contribution in [2.45, 2.75) is 88.0 Å². The molecule has 2 aliphatic carbocycles. The molecule has 0 spiro atoms. The van der Waals surface area contributed by atoms with Crippen LogP contribution in [0.2, 0.25) is 0 Å². The summed E-state index contributed by atoms with van der Waals surface area (Å²) in [5, 5.41) is 9.61. The molecule has 2 aromatic rings. The van der Waals surface area contributed by atoms with Crippen LogP contribution in [0.15, 0.2) is 29.1 Å². The van der Waals surface area contributed by atoms with Crippen LogP contribution in [0.4, 0.5) is 5.82 Å². The number of carboxylic acid groups (broad SMARTS) is 1. The molecule has 5 aliphatic rings. The first-order valence-electron chi connectivity index (χ1n) is 13.9. The molecule has 1 aromatic carbocycles. The van der Waals surface area contributed by atoms with E-state index in [0.717, 1.165) is 48.9 Å². The Bertz CT molecular complexity index is 1200. The summed E-state index contributed by atoms with van der Waals surface area (Å²) in [5.74, 6) is 1.17. The minimum absolute atomic E-state index is 0.0620. The molecule has 7 rings (SSSR count). The first kappa shape index (κ1) is 22.7. The lowest BCUT2D eigenvalue weighted by Gasteiger charge is -2.55. The average Bonchev–Trinajstić information content (AvgIpc) is 2.82. The summed E-state index contributed by atoms with van der Waals surface area (Å²) in [6.45, 7) is 2.02. The number of piperidine rings is 1. The van der Waals surface area contributed by atoms with Gasteiger partial charge in [-0.15, -0.1) is 0 Å². The molecule has 1 aromatic heterocycles. The zero-order valence-corrected chi connectivity index (χ0v) is 20.8. The fourth-order valence-electron chi connectivity index (χ4n) is 8.25. The third kappa shape index (κ3) is 3.67. The number of hydrogen-bond acceptors (Lipinski definition) is 6. The van der Waals surface area contributed by atoms with Crippen LogP contribution in [0.1, 0.15) is 63.8 Å². The lowest BCUT2D eigenvalue weighted by Crippen LogP contribution is -2.62. The normalized spacial score (nSPS) is 36.4. The van der Waals surface area contributed by atoms with E-state index in [2.05, 4.69) is 9.88 Å². The third-order valence-electron chi connectivity index (χ3n) is 9.80. The summed E-state index contributed by atoms with van der Waals surface area (Å²) < 4.78 is 8.02. The number of para-hydroxylation sites is 2. The van der Waals surface area contributed by atoms with E-state index in [1.54, 1.807) is 4.90 Å². The van der Waals surface area contributed by atoms with Gasteiger partial charge in [0.05, 0.1) is 24.2 Å². The third-order valence-corrected chi connectivity index (χ3v) is 9.80. The second-order valence-electron chi connectivity index (χ2n) is 11.9. The maximum absolute atomic E-state index is 13.9. The first-order chi connectivity index (χ1) is 17.6. The molecule has 36 heavy (non-hydrogen) atoms. The van der Waals surface area contributed by atoms with Gasteiger partial charge in [-0.3, -0.25) is 9.69 Å². The van der Waals surface area contributed by atoms with Crippen LogP contribution in [0.3, 0.4) is 0 Å². The van der Waals surface area contributed by atoms with Crippen molar-refractivity contribution < 1.29 is 14.6 Å². The van der Waals surface area contributed by atoms with Gasteiger partial charge in [-0.1, -0.05) is 31.4 Å². The van der Waals surface area contributed by atoms with Crippen molar-refractivity contribution in [3.63, 3.8) is 0 Å². The number of nitrogens with zero attached hydrogens (tertiary/aromatic N) is 4. The largest absolute Gasteiger partial charge is 0.480 e. The molecule has 0 unspecified atom stereocenters. The number of fused-ring (bicyclic) bond motifs is 5. The predicted octanol–water partition coefficient (Wildman–Crippen LogP) is 3.43. The van der Waals surface area contributed by atoms with Gasteiger partial charge in [-0.2, -0.15) is 0 Å². The van der Waals surface area contributed by atoms with Crippen LogP contribution in [-0.2, 0) is 9.53 Å². The zero-order chi connectivity index (χ0) is 24.4. The first-order valence-corrected chi connectivity index (χ1v) is 13.9. The molecule has 8 heteroatoms. The standard InChI is InChI=1S/C28H36N4O4/c33-27-26(30-9-8-25(30)28(34)35)29-23-6-1-2-7-24(23)32(27)20-13-21-15-36-16-22(14-20)31(21)19-11-17-4-3-5-18(10-17)12-19/h1-2,6-7,17-22,25H,3-5,8-16H2,(H,34,35)/t17-,18+,19+,20-,21-,22+,25-/m0/s1. The second-order valence-corrected chi connectivity index (χ2v) is 11.9. The summed E-state index contributed by atoms with van der Waals surface area (Å²) in [5.41, 5.74) is 1.46. The van der Waals surface area contributed by atoms with E-state index in [-0.39, 0.29) is 17.4 Å². The van der Waals surface area contributed by atoms with Gasteiger partial charge in [-0.05, 0) is 62.5 Å². The molecule has 4 bridgehead atoms. The van der Waals surface area contributed by atoms with Crippen LogP contribution >= 0.6 is 0 Å². The summed E-state index contributed by atoms with van der Waals surface area (Å²) >= 11 is 0. The lowest BCUT2D eigenvalue weighted by atomic mass is 9.69. The molecule has 3 aliphatic heterocycles. The summed E-state index contributed by atoms with van der Waals surface area (Å²) in [6, 6.07) is 8.50. The SMILES string of the molecule is O=C(O)[C@@H]1CCN1c1nc2ccccc2n([C@H]2C[C@H]3COC[C@@H](C2)N3[C@H]2C[C@@H]3CCC[C@@H](C3)C2)c1=O. The lowest BCUT2D eigenvalue weighted by molar-refractivity contribution is -0.140. The van der Waals surface area contributed by atoms with Crippen LogP contribution in [-0.4, -0.2) is 69.5 Å². The van der Waals surface area contributed by atoms with Crippen molar-refractivity contribution in [2.24, 2.45) is 11.8 Å². The van der Waals surface area contributed by atoms with Gasteiger partial charge in [0.15, 0.2) is 5.82 Å². The molecular weight excluding hydrogens is 456 g/mol. The van der Waals surface area contributed by atoms with Gasteiger partial charge in [0.25, 0.3) is 5.56 Å². The van der Waals surface area contributed by atoms with Crippen LogP contribution in [0.5, 0.6) is 0 Å². The molecule has 2 saturated carbocycles. The monoisotopic (exact) mass is 492 g/mol. The Hall–Kier alpha value is -2.45. The number of benzene rings is 1. The molecular formula is C28H36N4O4. The maximum Gasteiger partial charge on any atom is 0.326 e. The Morgan fingerprint density at radius 1 is 0.917 bits per heavy atom. The number of rotatable bonds is 4. The second kappa shape index (κ2) is 8.84. The van der Waals surface area contributed by atoms with Crippen molar-refractivity contribution in [3.8, 4) is 0 Å². The Labute approximate surface area is 211 Å². The van der Waals surface area contributed by atoms with Gasteiger partial charge in [0.1, 0.15) is 6.04 Å². The minimum Gasteiger partial charge on any atom is -0.480 e. The number of ether oxygens (including phenoxy) is 1. The minimum atomic E-state index is -0.889. The Morgan fingerprint density at radius 2 is 1.64 bits per heavy atom. The maximum atomic E-state index is 13.9. The summed E-state index contributed by atoms with van der Waals surface area (Å²) in [6.07, 6.45) is 10.6. The van der Waals surface area contributed by atoms with Crippen molar-refractivity contribution in [3.05, 3.63) is 34.6 Å². The van der Waals surface area contributed by atoms with Gasteiger partial charge >= 0.3 is 5.97 Å². The fourth-order valence-corrected chi connectivity index (χ4v) is 8.25. The number of morpholine rings is 1. The van der Waals surface area contributed by atoms with Crippen LogP contribution < -0.4 is 10.5 Å². The number of anilines is 1. The zero-order valence-electron chi connectivity index (χ0n) is 20.8. The molecule has 5 fully saturated rings. The van der Waals surface area contributed by atoms with Gasteiger partial charge in [-0.25, -0.2) is 9.78 Å². The highest BCUT2D eigenvalue weighted by molar-refractivity contribution is 5.81. The quantitative estimate of drug-likeness (QED) is 0.700. The highest BCUT2D eigenvalue weighted by atomic mass is 16.5. The van der Waals surface area contributed by atoms with E-state index in [4.69, 9.17) is 4.74 Å². The molecule has 0 radical (unpaired) electrons. The molecule has 3 saturated heterocycles. The van der Waals surface area contributed by atoms with E-state index in [0.29, 0.717) is 31.1 Å². The van der Waals surface area contributed by atoms with Crippen LogP contribution in [0.25, 0.3) is 11.0 Å². The van der Waals surface area contributed by atoms with Crippen molar-refractivity contribution in [2.75, 3.05) is 24.7 Å². The molecule has 8 nitrogen and oxygen atoms in total. The molecule has 1 N–H and O–H groups in total. The molecule has 0 amide bonds. The number of aliphatic carboxylic acids is 1. The highest BCUT2D eigenvalue weighted by Gasteiger charge is 2.46. The number of carbonyl (C=O) groups is 1. The summed E-state index contributed by atoms with van der Waals surface area (Å²) in [4.78, 5) is 34.8. The average molecular weight is 493 g/mol. The number of carboxylic acids is 1. The Morgan fingerprint density at radius 3 is 2.31 bits per heavy atom. The Kier molecular flexibility index (Phi) is 5.58. The van der Waals surface area contributed by atoms with E-state index in [9.17, 15) is 14.7 Å². The fraction of sp³-hybridized carbons (Fsp3) is 0.679. The van der Waals surface area contributed by atoms with E-state index >= 15 is 0 Å². The summed E-state index contributed by atoms with van der Waals surface area (Å²) in [7, 11) is 0. The van der Waals surface area contributed by atoms with Crippen LogP contribution in [0, 0.1) is 11.8 Å². The molecule has 192 valence electrons. The van der Waals surface area contributed by atoms with Crippen molar-refractivity contribution in [1.29, 1.82) is 0 Å². The number of hydrogen-bond donors (Lipinski definition) is 1. The van der Waals surface area contributed by atoms with Gasteiger partial charge < -0.3 is 19.3 Å². The van der Waals surface area contributed by atoms with E-state index in [1.807, 2.05) is 28.8 Å². The van der Waals surface area contributed by atoms with Crippen molar-refractivity contribution >= 4 is 22.8 Å². The molecule has 4 heterocycles. The predicted molar refractivity (Wildman–Crippen MR) is 136 cm³/mol. The van der Waals surface area contributed by atoms with Gasteiger partial charge in [0, 0.05) is 30.7 Å². The smallest absolute Gasteiger partial charge is 0.326 e. The molecule has 7 atom stereocenters. The van der Waals surface area contributed by atoms with E-state index < -0.39 is 12.0 Å². The van der Waals surface area contributed by atoms with E-state index in [1.165, 1.54) is 38.5 Å². The van der Waals surface area contributed by atoms with Crippen molar-refractivity contribution in [1.82, 2.24) is 14.5 Å². The Balaban J connectivity index is 1.23. The topological polar surface area (TPSA) is 87.9 Å². The number of aromatic nitrogens is 2.